The van der Waals surface area contributed by atoms with Gasteiger partial charge in [0.15, 0.2) is 0 Å². The smallest absolute Gasteiger partial charge is 0.0830 e. The fraction of sp³-hybridized carbons (Fsp3) is 0.909. The summed E-state index contributed by atoms with van der Waals surface area (Å²) in [7, 11) is 0. The lowest BCUT2D eigenvalue weighted by atomic mass is 10.1. The van der Waals surface area contributed by atoms with Crippen LogP contribution in [0.1, 0.15) is 65.2 Å². The number of rotatable bonds is 8. The molecule has 0 aliphatic rings. The molecule has 0 unspecified atom stereocenters. The van der Waals surface area contributed by atoms with Gasteiger partial charge >= 0.3 is 0 Å². The first-order chi connectivity index (χ1) is 6.31. The van der Waals surface area contributed by atoms with Crippen LogP contribution in [0, 0.1) is 0 Å². The van der Waals surface area contributed by atoms with E-state index in [1.807, 2.05) is 0 Å². The molecule has 0 saturated carbocycles. The first kappa shape index (κ1) is 13.4. The van der Waals surface area contributed by atoms with Crippen molar-refractivity contribution in [2.75, 3.05) is 0 Å². The highest BCUT2D eigenvalue weighted by molar-refractivity contribution is 14.1. The van der Waals surface area contributed by atoms with Gasteiger partial charge in [0.2, 0.25) is 0 Å². The van der Waals surface area contributed by atoms with E-state index in [0.29, 0.717) is 0 Å². The number of halogens is 1. The molecule has 0 aromatic rings. The van der Waals surface area contributed by atoms with Crippen molar-refractivity contribution in [3.05, 3.63) is 0 Å². The predicted octanol–water partition coefficient (Wildman–Crippen LogP) is 4.94. The van der Waals surface area contributed by atoms with E-state index < -0.39 is 0 Å². The largest absolute Gasteiger partial charge is 0.224 e. The van der Waals surface area contributed by atoms with Crippen LogP contribution in [-0.4, -0.2) is 5.71 Å². The molecule has 0 radical (unpaired) electrons. The summed E-state index contributed by atoms with van der Waals surface area (Å²) in [5, 5.41) is 0. The summed E-state index contributed by atoms with van der Waals surface area (Å²) >= 11 is 2.08. The predicted molar refractivity (Wildman–Crippen MR) is 69.7 cm³/mol. The van der Waals surface area contributed by atoms with Gasteiger partial charge in [0.25, 0.3) is 0 Å². The maximum absolute atomic E-state index is 4.12. The van der Waals surface area contributed by atoms with Crippen LogP contribution >= 0.6 is 22.9 Å². The number of unbranched alkanes of at least 4 members (excludes halogenated alkanes) is 6. The maximum Gasteiger partial charge on any atom is 0.0830 e. The second kappa shape index (κ2) is 10.5. The molecule has 0 aliphatic carbocycles. The van der Waals surface area contributed by atoms with Crippen molar-refractivity contribution >= 4 is 28.6 Å². The number of hydrogen-bond acceptors (Lipinski definition) is 1. The Morgan fingerprint density at radius 1 is 1.00 bits per heavy atom. The van der Waals surface area contributed by atoms with Gasteiger partial charge in [0.05, 0.1) is 22.9 Å². The minimum absolute atomic E-state index is 1.19. The normalized spacial score (nSPS) is 12.1. The average Bonchev–Trinajstić information content (AvgIpc) is 2.16. The first-order valence-corrected chi connectivity index (χ1v) is 6.42. The summed E-state index contributed by atoms with van der Waals surface area (Å²) < 4.78 is 4.12. The summed E-state index contributed by atoms with van der Waals surface area (Å²) in [5.74, 6) is 0. The highest BCUT2D eigenvalue weighted by Gasteiger charge is 1.92. The Hall–Kier alpha value is 0.400. The van der Waals surface area contributed by atoms with Crippen LogP contribution in [0.25, 0.3) is 0 Å². The Kier molecular flexibility index (Phi) is 10.8. The van der Waals surface area contributed by atoms with Crippen LogP contribution in [0.3, 0.4) is 0 Å². The lowest BCUT2D eigenvalue weighted by Crippen LogP contribution is -1.89. The minimum Gasteiger partial charge on any atom is -0.224 e. The third-order valence-corrected chi connectivity index (χ3v) is 3.11. The Labute approximate surface area is 96.9 Å². The molecular weight excluding hydrogens is 273 g/mol. The Bertz CT molecular complexity index is 132. The maximum atomic E-state index is 4.12. The van der Waals surface area contributed by atoms with E-state index in [9.17, 15) is 0 Å². The molecular formula is C11H22IN. The van der Waals surface area contributed by atoms with Gasteiger partial charge in [0.1, 0.15) is 0 Å². The highest BCUT2D eigenvalue weighted by Crippen LogP contribution is 2.09. The molecule has 0 spiro atoms. The van der Waals surface area contributed by atoms with Gasteiger partial charge in [-0.25, -0.2) is 3.21 Å². The molecule has 0 heterocycles. The van der Waals surface area contributed by atoms with Crippen molar-refractivity contribution in [1.29, 1.82) is 0 Å². The molecule has 0 aromatic carbocycles. The van der Waals surface area contributed by atoms with Gasteiger partial charge in [-0.3, -0.25) is 0 Å². The summed E-state index contributed by atoms with van der Waals surface area (Å²) in [6, 6.07) is 0. The SMILES string of the molecule is CCCCCCCCCC(C)=NI. The van der Waals surface area contributed by atoms with Crippen LogP contribution < -0.4 is 0 Å². The molecule has 0 aromatic heterocycles. The van der Waals surface area contributed by atoms with Gasteiger partial charge < -0.3 is 0 Å². The zero-order valence-corrected chi connectivity index (χ0v) is 11.1. The molecule has 2 heteroatoms. The Morgan fingerprint density at radius 3 is 2.08 bits per heavy atom. The molecule has 0 atom stereocenters. The van der Waals surface area contributed by atoms with Crippen molar-refractivity contribution in [3.8, 4) is 0 Å². The number of nitrogens with zero attached hydrogens (tertiary/aromatic N) is 1. The van der Waals surface area contributed by atoms with Crippen molar-refractivity contribution < 1.29 is 0 Å². The minimum atomic E-state index is 1.19. The summed E-state index contributed by atoms with van der Waals surface area (Å²) in [6.45, 7) is 4.38. The van der Waals surface area contributed by atoms with Gasteiger partial charge in [-0.15, -0.1) is 0 Å². The van der Waals surface area contributed by atoms with Crippen molar-refractivity contribution in [1.82, 2.24) is 0 Å². The van der Waals surface area contributed by atoms with Gasteiger partial charge in [-0.2, -0.15) is 0 Å². The third kappa shape index (κ3) is 10.3. The van der Waals surface area contributed by atoms with Gasteiger partial charge in [-0.05, 0) is 19.8 Å². The molecule has 0 rings (SSSR count). The molecule has 13 heavy (non-hydrogen) atoms. The molecule has 0 N–H and O–H groups in total. The number of hydrogen-bond donors (Lipinski definition) is 0. The van der Waals surface area contributed by atoms with E-state index in [2.05, 4.69) is 39.9 Å². The fourth-order valence-electron chi connectivity index (χ4n) is 1.38. The Morgan fingerprint density at radius 2 is 1.54 bits per heavy atom. The lowest BCUT2D eigenvalue weighted by molar-refractivity contribution is 0.595. The summed E-state index contributed by atoms with van der Waals surface area (Å²) in [4.78, 5) is 0. The van der Waals surface area contributed by atoms with E-state index in [1.165, 1.54) is 57.1 Å². The monoisotopic (exact) mass is 295 g/mol. The Balaban J connectivity index is 3.00. The van der Waals surface area contributed by atoms with Gasteiger partial charge in [-0.1, -0.05) is 45.4 Å². The topological polar surface area (TPSA) is 12.4 Å². The van der Waals surface area contributed by atoms with E-state index >= 15 is 0 Å². The van der Waals surface area contributed by atoms with E-state index in [1.54, 1.807) is 0 Å². The third-order valence-electron chi connectivity index (χ3n) is 2.29. The highest BCUT2D eigenvalue weighted by atomic mass is 127. The summed E-state index contributed by atoms with van der Waals surface area (Å²) in [6.07, 6.45) is 10.9. The van der Waals surface area contributed by atoms with Crippen molar-refractivity contribution in [2.45, 2.75) is 65.2 Å². The molecule has 0 amide bonds. The van der Waals surface area contributed by atoms with Crippen LogP contribution in [-0.2, 0) is 0 Å². The molecule has 1 nitrogen and oxygen atoms in total. The first-order valence-electron chi connectivity index (χ1n) is 5.45. The average molecular weight is 295 g/mol. The van der Waals surface area contributed by atoms with Gasteiger partial charge in [0, 0.05) is 5.71 Å². The van der Waals surface area contributed by atoms with E-state index in [-0.39, 0.29) is 0 Å². The standard InChI is InChI=1S/C11H22IN/c1-3-4-5-6-7-8-9-10-11(2)13-12/h3-10H2,1-2H3. The van der Waals surface area contributed by atoms with Crippen LogP contribution in [0.4, 0.5) is 0 Å². The van der Waals surface area contributed by atoms with E-state index in [0.717, 1.165) is 0 Å². The van der Waals surface area contributed by atoms with E-state index in [4.69, 9.17) is 0 Å². The quantitative estimate of drug-likeness (QED) is 0.342. The molecule has 0 aliphatic heterocycles. The second-order valence-corrected chi connectivity index (χ2v) is 4.17. The second-order valence-electron chi connectivity index (χ2n) is 3.69. The molecule has 78 valence electrons. The zero-order chi connectivity index (χ0) is 9.94. The fourth-order valence-corrected chi connectivity index (χ4v) is 1.62. The molecule has 0 saturated heterocycles. The van der Waals surface area contributed by atoms with Crippen molar-refractivity contribution in [2.24, 2.45) is 3.21 Å². The molecule has 0 fully saturated rings. The van der Waals surface area contributed by atoms with Crippen LogP contribution in [0.15, 0.2) is 3.21 Å². The van der Waals surface area contributed by atoms with Crippen LogP contribution in [0.5, 0.6) is 0 Å². The lowest BCUT2D eigenvalue weighted by Gasteiger charge is -2.00. The molecule has 0 bridgehead atoms. The van der Waals surface area contributed by atoms with Crippen LogP contribution in [0.2, 0.25) is 0 Å². The zero-order valence-electron chi connectivity index (χ0n) is 8.98. The van der Waals surface area contributed by atoms with Crippen molar-refractivity contribution in [3.63, 3.8) is 0 Å². The summed E-state index contributed by atoms with van der Waals surface area (Å²) in [5.41, 5.74) is 1.29.